The van der Waals surface area contributed by atoms with Crippen molar-refractivity contribution < 1.29 is 9.59 Å². The number of fused-ring (bicyclic) bond motifs is 1. The zero-order valence-corrected chi connectivity index (χ0v) is 22.1. The Bertz CT molecular complexity index is 1330. The molecule has 4 aromatic rings. The Labute approximate surface area is 230 Å². The highest BCUT2D eigenvalue weighted by molar-refractivity contribution is 6.52. The second-order valence-electron chi connectivity index (χ2n) is 10.3. The summed E-state index contributed by atoms with van der Waals surface area (Å²) in [5.74, 6) is -0.794. The Morgan fingerprint density at radius 2 is 1.05 bits per heavy atom. The summed E-state index contributed by atoms with van der Waals surface area (Å²) >= 11 is 0. The first-order valence-corrected chi connectivity index (χ1v) is 13.8. The fourth-order valence-electron chi connectivity index (χ4n) is 6.32. The van der Waals surface area contributed by atoms with Crippen LogP contribution in [0, 0.1) is 0 Å². The van der Waals surface area contributed by atoms with Crippen molar-refractivity contribution >= 4 is 17.4 Å². The van der Waals surface area contributed by atoms with E-state index < -0.39 is 11.7 Å². The lowest BCUT2D eigenvalue weighted by Crippen LogP contribution is -2.56. The van der Waals surface area contributed by atoms with Crippen molar-refractivity contribution in [3.63, 3.8) is 0 Å². The number of hydrogen-bond donors (Lipinski definition) is 0. The lowest BCUT2D eigenvalue weighted by molar-refractivity contribution is -0.114. The van der Waals surface area contributed by atoms with Crippen LogP contribution in [0.15, 0.2) is 115 Å². The molecule has 0 spiro atoms. The van der Waals surface area contributed by atoms with Crippen LogP contribution in [-0.4, -0.2) is 60.8 Å². The van der Waals surface area contributed by atoms with Crippen molar-refractivity contribution in [2.24, 2.45) is 0 Å². The Morgan fingerprint density at radius 1 is 0.564 bits per heavy atom. The summed E-state index contributed by atoms with van der Waals surface area (Å²) in [6, 6.07) is 39.9. The molecule has 0 N–H and O–H groups in total. The number of carbonyl (C=O) groups excluding carboxylic acids is 2. The topological polar surface area (TPSA) is 43.9 Å². The number of para-hydroxylation sites is 1. The van der Waals surface area contributed by atoms with Crippen LogP contribution >= 0.6 is 0 Å². The molecule has 1 amide bonds. The van der Waals surface area contributed by atoms with E-state index in [0.29, 0.717) is 12.1 Å². The third-order valence-electron chi connectivity index (χ3n) is 8.16. The normalized spacial score (nSPS) is 16.5. The summed E-state index contributed by atoms with van der Waals surface area (Å²) < 4.78 is 0. The highest BCUT2D eigenvalue weighted by Gasteiger charge is 2.43. The van der Waals surface area contributed by atoms with Crippen molar-refractivity contribution in [3.8, 4) is 0 Å². The number of Topliss-reactive ketones (excluding diaryl/α,β-unsaturated/α-hetero) is 1. The van der Waals surface area contributed by atoms with Gasteiger partial charge in [0.2, 0.25) is 0 Å². The minimum Gasteiger partial charge on any atom is -0.305 e. The molecule has 0 aliphatic carbocycles. The number of benzene rings is 4. The van der Waals surface area contributed by atoms with E-state index in [0.717, 1.165) is 44.8 Å². The molecule has 0 aromatic heterocycles. The monoisotopic (exact) mass is 515 g/mol. The molecule has 6 rings (SSSR count). The van der Waals surface area contributed by atoms with Crippen molar-refractivity contribution in [1.82, 2.24) is 9.80 Å². The first-order valence-electron chi connectivity index (χ1n) is 13.8. The fourth-order valence-corrected chi connectivity index (χ4v) is 6.32. The third kappa shape index (κ3) is 4.58. The molecule has 0 atom stereocenters. The van der Waals surface area contributed by atoms with Gasteiger partial charge in [0.15, 0.2) is 0 Å². The Hall–Kier alpha value is -4.06. The van der Waals surface area contributed by atoms with Gasteiger partial charge < -0.3 is 9.80 Å². The quantitative estimate of drug-likeness (QED) is 0.239. The molecule has 196 valence electrons. The van der Waals surface area contributed by atoms with E-state index in [1.54, 1.807) is 11.0 Å². The summed E-state index contributed by atoms with van der Waals surface area (Å²) in [6.45, 7) is 5.17. The van der Waals surface area contributed by atoms with E-state index in [-0.39, 0.29) is 5.54 Å². The predicted molar refractivity (Wildman–Crippen MR) is 155 cm³/mol. The van der Waals surface area contributed by atoms with Gasteiger partial charge in [-0.1, -0.05) is 103 Å². The molecule has 1 saturated heterocycles. The van der Waals surface area contributed by atoms with Gasteiger partial charge in [-0.15, -0.1) is 0 Å². The highest BCUT2D eigenvalue weighted by Crippen LogP contribution is 2.42. The maximum absolute atomic E-state index is 12.6. The molecular formula is C34H33N3O2. The van der Waals surface area contributed by atoms with Gasteiger partial charge in [0.05, 0.1) is 16.8 Å². The van der Waals surface area contributed by atoms with E-state index in [1.807, 2.05) is 18.2 Å². The van der Waals surface area contributed by atoms with Crippen LogP contribution in [0.25, 0.3) is 0 Å². The van der Waals surface area contributed by atoms with Crippen LogP contribution in [0.2, 0.25) is 0 Å². The highest BCUT2D eigenvalue weighted by atomic mass is 16.2. The van der Waals surface area contributed by atoms with Gasteiger partial charge in [0.1, 0.15) is 0 Å². The number of ketones is 1. The minimum absolute atomic E-state index is 0.387. The molecule has 39 heavy (non-hydrogen) atoms. The van der Waals surface area contributed by atoms with E-state index in [4.69, 9.17) is 0 Å². The third-order valence-corrected chi connectivity index (χ3v) is 8.16. The molecule has 4 aromatic carbocycles. The number of anilines is 1. The van der Waals surface area contributed by atoms with Crippen LogP contribution in [0.4, 0.5) is 5.69 Å². The zero-order valence-electron chi connectivity index (χ0n) is 22.1. The molecule has 2 aliphatic heterocycles. The summed E-state index contributed by atoms with van der Waals surface area (Å²) in [4.78, 5) is 31.7. The molecule has 0 radical (unpaired) electrons. The van der Waals surface area contributed by atoms with Gasteiger partial charge in [-0.2, -0.15) is 0 Å². The first kappa shape index (κ1) is 25.2. The lowest BCUT2D eigenvalue weighted by Gasteiger charge is -2.49. The summed E-state index contributed by atoms with van der Waals surface area (Å²) in [7, 11) is 0. The maximum Gasteiger partial charge on any atom is 0.299 e. The van der Waals surface area contributed by atoms with Gasteiger partial charge in [0, 0.05) is 32.7 Å². The Balaban J connectivity index is 1.20. The van der Waals surface area contributed by atoms with Gasteiger partial charge in [-0.25, -0.2) is 0 Å². The van der Waals surface area contributed by atoms with Gasteiger partial charge in [-0.3, -0.25) is 14.5 Å². The number of piperazine rings is 1. The molecule has 2 aliphatic rings. The molecule has 5 nitrogen and oxygen atoms in total. The van der Waals surface area contributed by atoms with Crippen LogP contribution in [0.1, 0.15) is 33.5 Å². The van der Waals surface area contributed by atoms with Crippen molar-refractivity contribution in [2.75, 3.05) is 44.2 Å². The fraction of sp³-hybridized carbons (Fsp3) is 0.235. The molecule has 0 bridgehead atoms. The Kier molecular flexibility index (Phi) is 7.10. The Morgan fingerprint density at radius 3 is 1.59 bits per heavy atom. The number of hydrogen-bond acceptors (Lipinski definition) is 4. The van der Waals surface area contributed by atoms with Crippen LogP contribution in [0.3, 0.4) is 0 Å². The second kappa shape index (κ2) is 11.0. The summed E-state index contributed by atoms with van der Waals surface area (Å²) in [5.41, 5.74) is 4.69. The second-order valence-corrected chi connectivity index (χ2v) is 10.3. The van der Waals surface area contributed by atoms with E-state index in [9.17, 15) is 9.59 Å². The first-order chi connectivity index (χ1) is 19.2. The summed E-state index contributed by atoms with van der Waals surface area (Å²) in [6.07, 6.45) is 0.828. The average Bonchev–Trinajstić information content (AvgIpc) is 3.25. The number of amides is 1. The van der Waals surface area contributed by atoms with Gasteiger partial charge in [0.25, 0.3) is 11.7 Å². The molecular weight excluding hydrogens is 482 g/mol. The van der Waals surface area contributed by atoms with Gasteiger partial charge >= 0.3 is 0 Å². The SMILES string of the molecule is O=C1C(=O)N(CCCN2CCN(C(c3ccccc3)(c3ccccc3)c3ccccc3)CC2)c2ccccc21. The van der Waals surface area contributed by atoms with Crippen LogP contribution in [-0.2, 0) is 10.3 Å². The van der Waals surface area contributed by atoms with Crippen molar-refractivity contribution in [2.45, 2.75) is 12.0 Å². The maximum atomic E-state index is 12.6. The zero-order chi connectivity index (χ0) is 26.7. The molecule has 5 heteroatoms. The molecule has 2 heterocycles. The predicted octanol–water partition coefficient (Wildman–Crippen LogP) is 5.22. The van der Waals surface area contributed by atoms with Crippen molar-refractivity contribution in [1.29, 1.82) is 0 Å². The number of carbonyl (C=O) groups is 2. The largest absolute Gasteiger partial charge is 0.305 e. The van der Waals surface area contributed by atoms with E-state index in [1.165, 1.54) is 16.7 Å². The van der Waals surface area contributed by atoms with Gasteiger partial charge in [-0.05, 0) is 41.8 Å². The minimum atomic E-state index is -0.403. The van der Waals surface area contributed by atoms with Crippen molar-refractivity contribution in [3.05, 3.63) is 138 Å². The molecule has 1 fully saturated rings. The average molecular weight is 516 g/mol. The summed E-state index contributed by atoms with van der Waals surface area (Å²) in [5, 5.41) is 0. The van der Waals surface area contributed by atoms with Crippen LogP contribution in [0.5, 0.6) is 0 Å². The lowest BCUT2D eigenvalue weighted by atomic mass is 9.75. The smallest absolute Gasteiger partial charge is 0.299 e. The standard InChI is InChI=1S/C34H33N3O2/c38-32-30-19-10-11-20-31(30)37(33(32)39)22-12-21-35-23-25-36(26-24-35)34(27-13-4-1-5-14-27,28-15-6-2-7-16-28)29-17-8-3-9-18-29/h1-11,13-20H,12,21-26H2. The van der Waals surface area contributed by atoms with Crippen LogP contribution < -0.4 is 4.90 Å². The van der Waals surface area contributed by atoms with E-state index in [2.05, 4.69) is 101 Å². The number of nitrogens with zero attached hydrogens (tertiary/aromatic N) is 3. The molecule has 0 unspecified atom stereocenters. The van der Waals surface area contributed by atoms with E-state index >= 15 is 0 Å². The molecule has 0 saturated carbocycles. The number of rotatable bonds is 8.